The lowest BCUT2D eigenvalue weighted by Gasteiger charge is -2.36. The molecule has 1 rings (SSSR count). The van der Waals surface area contributed by atoms with Gasteiger partial charge < -0.3 is 9.64 Å². The molecule has 0 bridgehead atoms. The summed E-state index contributed by atoms with van der Waals surface area (Å²) in [5.74, 6) is 1.13. The molecule has 1 saturated carbocycles. The third kappa shape index (κ3) is 4.69. The van der Waals surface area contributed by atoms with E-state index in [1.54, 1.807) is 7.11 Å². The largest absolute Gasteiger partial charge is 0.384 e. The van der Waals surface area contributed by atoms with Crippen molar-refractivity contribution in [1.82, 2.24) is 4.90 Å². The highest BCUT2D eigenvalue weighted by molar-refractivity contribution is 7.85. The minimum absolute atomic E-state index is 0.00295. The van der Waals surface area contributed by atoms with Crippen molar-refractivity contribution in [2.45, 2.75) is 38.6 Å². The predicted octanol–water partition coefficient (Wildman–Crippen LogP) is 1.42. The van der Waals surface area contributed by atoms with E-state index in [1.165, 1.54) is 19.3 Å². The van der Waals surface area contributed by atoms with Gasteiger partial charge in [-0.05, 0) is 18.8 Å². The number of hydrogen-bond donors (Lipinski definition) is 0. The Morgan fingerprint density at radius 1 is 1.39 bits per heavy atom. The third-order valence-corrected chi connectivity index (χ3v) is 4.95. The lowest BCUT2D eigenvalue weighted by atomic mass is 9.85. The monoisotopic (exact) mass is 275 g/mol. The van der Waals surface area contributed by atoms with Crippen molar-refractivity contribution < 1.29 is 13.7 Å². The number of carbonyl (C=O) groups excluding carboxylic acids is 1. The summed E-state index contributed by atoms with van der Waals surface area (Å²) in [7, 11) is 2.33. The molecule has 0 spiro atoms. The first kappa shape index (κ1) is 15.6. The smallest absolute Gasteiger partial charge is 0.235 e. The number of nitrogens with zero attached hydrogens (tertiary/aromatic N) is 1. The van der Waals surface area contributed by atoms with Gasteiger partial charge in [-0.15, -0.1) is 0 Å². The zero-order chi connectivity index (χ0) is 13.5. The van der Waals surface area contributed by atoms with Crippen molar-refractivity contribution in [1.29, 1.82) is 0 Å². The summed E-state index contributed by atoms with van der Waals surface area (Å²) < 4.78 is 16.5. The van der Waals surface area contributed by atoms with Crippen molar-refractivity contribution in [3.8, 4) is 0 Å². The maximum atomic E-state index is 12.1. The highest BCUT2D eigenvalue weighted by Crippen LogP contribution is 2.27. The van der Waals surface area contributed by atoms with Crippen LogP contribution in [0.1, 0.15) is 32.6 Å². The highest BCUT2D eigenvalue weighted by atomic mass is 32.2. The number of hydrogen-bond acceptors (Lipinski definition) is 3. The normalized spacial score (nSPS) is 25.7. The molecule has 0 saturated heterocycles. The number of rotatable bonds is 6. The Hall–Kier alpha value is -0.420. The van der Waals surface area contributed by atoms with E-state index in [1.807, 2.05) is 11.9 Å². The van der Waals surface area contributed by atoms with Gasteiger partial charge in [0.05, 0.1) is 6.61 Å². The molecule has 1 amide bonds. The lowest BCUT2D eigenvalue weighted by molar-refractivity contribution is -0.130. The number of carbonyl (C=O) groups is 1. The van der Waals surface area contributed by atoms with Gasteiger partial charge in [0.25, 0.3) is 0 Å². The molecule has 0 aromatic carbocycles. The average molecular weight is 275 g/mol. The Morgan fingerprint density at radius 2 is 2.06 bits per heavy atom. The van der Waals surface area contributed by atoms with Crippen molar-refractivity contribution in [3.63, 3.8) is 0 Å². The number of methoxy groups -OCH3 is 1. The van der Waals surface area contributed by atoms with Gasteiger partial charge in [-0.2, -0.15) is 0 Å². The van der Waals surface area contributed by atoms with Crippen LogP contribution in [0, 0.1) is 5.92 Å². The molecule has 0 aromatic rings. The van der Waals surface area contributed by atoms with Crippen LogP contribution in [0.4, 0.5) is 0 Å². The fraction of sp³-hybridized carbons (Fsp3) is 0.923. The van der Waals surface area contributed by atoms with Gasteiger partial charge in [0.1, 0.15) is 5.75 Å². The number of amides is 1. The summed E-state index contributed by atoms with van der Waals surface area (Å²) in [6, 6.07) is 0.325. The van der Waals surface area contributed by atoms with Crippen LogP contribution in [0.25, 0.3) is 0 Å². The molecule has 18 heavy (non-hydrogen) atoms. The van der Waals surface area contributed by atoms with Gasteiger partial charge in [-0.3, -0.25) is 9.00 Å². The van der Waals surface area contributed by atoms with Crippen LogP contribution in [-0.4, -0.2) is 53.3 Å². The summed E-state index contributed by atoms with van der Waals surface area (Å²) in [4.78, 5) is 13.9. The molecule has 0 N–H and O–H groups in total. The van der Waals surface area contributed by atoms with Crippen molar-refractivity contribution in [3.05, 3.63) is 0 Å². The summed E-state index contributed by atoms with van der Waals surface area (Å²) in [6.07, 6.45) is 4.72. The van der Waals surface area contributed by atoms with E-state index in [4.69, 9.17) is 4.74 Å². The molecule has 5 heteroatoms. The summed E-state index contributed by atoms with van der Waals surface area (Å²) in [6.45, 7) is 2.65. The molecule has 3 atom stereocenters. The van der Waals surface area contributed by atoms with E-state index in [0.717, 1.165) is 6.42 Å². The zero-order valence-electron chi connectivity index (χ0n) is 11.7. The molecule has 1 aliphatic carbocycles. The number of ether oxygens (including phenoxy) is 1. The first-order valence-corrected chi connectivity index (χ1v) is 8.14. The fourth-order valence-corrected chi connectivity index (χ4v) is 3.52. The van der Waals surface area contributed by atoms with Gasteiger partial charge >= 0.3 is 0 Å². The minimum Gasteiger partial charge on any atom is -0.384 e. The Balaban J connectivity index is 2.42. The molecule has 106 valence electrons. The second-order valence-electron chi connectivity index (χ2n) is 5.11. The van der Waals surface area contributed by atoms with E-state index in [-0.39, 0.29) is 11.7 Å². The van der Waals surface area contributed by atoms with Gasteiger partial charge in [0.15, 0.2) is 0 Å². The topological polar surface area (TPSA) is 46.6 Å². The van der Waals surface area contributed by atoms with E-state index >= 15 is 0 Å². The molecule has 4 nitrogen and oxygen atoms in total. The van der Waals surface area contributed by atoms with Crippen molar-refractivity contribution in [2.24, 2.45) is 5.92 Å². The van der Waals surface area contributed by atoms with E-state index in [0.29, 0.717) is 24.3 Å². The van der Waals surface area contributed by atoms with Crippen molar-refractivity contribution in [2.75, 3.05) is 32.3 Å². The second kappa shape index (κ2) is 7.89. The third-order valence-electron chi connectivity index (χ3n) is 3.76. The molecule has 1 aliphatic rings. The molecule has 0 radical (unpaired) electrons. The standard InChI is InChI=1S/C13H25NO3S/c1-11-6-4-5-7-12(11)14(2)13(15)10-18(16)9-8-17-3/h11-12H,4-10H2,1-3H3. The van der Waals surface area contributed by atoms with Crippen LogP contribution >= 0.6 is 0 Å². The fourth-order valence-electron chi connectivity index (χ4n) is 2.54. The Kier molecular flexibility index (Phi) is 6.86. The van der Waals surface area contributed by atoms with Gasteiger partial charge in [-0.25, -0.2) is 0 Å². The van der Waals surface area contributed by atoms with Crippen LogP contribution in [-0.2, 0) is 20.3 Å². The summed E-state index contributed by atoms with van der Waals surface area (Å²) >= 11 is 0. The van der Waals surface area contributed by atoms with Gasteiger partial charge in [0.2, 0.25) is 5.91 Å². The van der Waals surface area contributed by atoms with Crippen LogP contribution in [0.3, 0.4) is 0 Å². The Morgan fingerprint density at radius 3 is 2.67 bits per heavy atom. The first-order chi connectivity index (χ1) is 8.56. The summed E-state index contributed by atoms with van der Waals surface area (Å²) in [5.41, 5.74) is 0. The molecule has 1 fully saturated rings. The average Bonchev–Trinajstić information content (AvgIpc) is 2.36. The highest BCUT2D eigenvalue weighted by Gasteiger charge is 2.28. The molecular weight excluding hydrogens is 250 g/mol. The molecule has 3 unspecified atom stereocenters. The first-order valence-electron chi connectivity index (χ1n) is 6.65. The van der Waals surface area contributed by atoms with Crippen LogP contribution in [0.2, 0.25) is 0 Å². The van der Waals surface area contributed by atoms with Crippen LogP contribution in [0.5, 0.6) is 0 Å². The van der Waals surface area contributed by atoms with E-state index in [9.17, 15) is 9.00 Å². The predicted molar refractivity (Wildman–Crippen MR) is 73.9 cm³/mol. The van der Waals surface area contributed by atoms with Gasteiger partial charge in [0, 0.05) is 36.8 Å². The molecule has 0 aliphatic heterocycles. The quantitative estimate of drug-likeness (QED) is 0.736. The lowest BCUT2D eigenvalue weighted by Crippen LogP contribution is -2.44. The van der Waals surface area contributed by atoms with E-state index < -0.39 is 10.8 Å². The Bertz CT molecular complexity index is 296. The van der Waals surface area contributed by atoms with Crippen LogP contribution < -0.4 is 0 Å². The minimum atomic E-state index is -1.10. The molecule has 0 aromatic heterocycles. The van der Waals surface area contributed by atoms with E-state index in [2.05, 4.69) is 6.92 Å². The summed E-state index contributed by atoms with van der Waals surface area (Å²) in [5, 5.41) is 0. The molecular formula is C13H25NO3S. The second-order valence-corrected chi connectivity index (χ2v) is 6.69. The maximum Gasteiger partial charge on any atom is 0.235 e. The maximum absolute atomic E-state index is 12.1. The zero-order valence-corrected chi connectivity index (χ0v) is 12.5. The van der Waals surface area contributed by atoms with Crippen LogP contribution in [0.15, 0.2) is 0 Å². The molecule has 0 heterocycles. The van der Waals surface area contributed by atoms with Crippen molar-refractivity contribution >= 4 is 16.7 Å². The Labute approximate surface area is 113 Å². The SMILES string of the molecule is COCCS(=O)CC(=O)N(C)C1CCCCC1C. The van der Waals surface area contributed by atoms with Gasteiger partial charge in [-0.1, -0.05) is 19.8 Å².